The van der Waals surface area contributed by atoms with Crippen LogP contribution in [0, 0.1) is 6.92 Å². The van der Waals surface area contributed by atoms with Gasteiger partial charge in [-0.15, -0.1) is 0 Å². The van der Waals surface area contributed by atoms with Gasteiger partial charge in [0.2, 0.25) is 0 Å². The summed E-state index contributed by atoms with van der Waals surface area (Å²) in [5.74, 6) is 0. The molecule has 0 saturated carbocycles. The maximum atomic E-state index is 4.13. The molecule has 0 aliphatic rings. The van der Waals surface area contributed by atoms with Gasteiger partial charge in [-0.25, -0.2) is 9.97 Å². The van der Waals surface area contributed by atoms with E-state index in [1.807, 2.05) is 31.2 Å². The summed E-state index contributed by atoms with van der Waals surface area (Å²) in [6.07, 6.45) is 1.59. The molecule has 0 atom stereocenters. The number of aryl methyl sites for hydroxylation is 1. The molecule has 1 heterocycles. The Morgan fingerprint density at radius 1 is 1.08 bits per heavy atom. The molecule has 0 spiro atoms. The third kappa shape index (κ3) is 1.53. The minimum absolute atomic E-state index is 0. The number of para-hydroxylation sites is 1. The maximum Gasteiger partial charge on any atom is 0.116 e. The Morgan fingerprint density at radius 2 is 1.83 bits per heavy atom. The van der Waals surface area contributed by atoms with Crippen LogP contribution in [0.3, 0.4) is 0 Å². The number of hydrogen-bond acceptors (Lipinski definition) is 2. The van der Waals surface area contributed by atoms with Crippen LogP contribution in [0.4, 0.5) is 0 Å². The molecule has 1 aromatic carbocycles. The number of nitrogens with zero attached hydrogens (tertiary/aromatic N) is 2. The summed E-state index contributed by atoms with van der Waals surface area (Å²) in [4.78, 5) is 8.23. The van der Waals surface area contributed by atoms with Crippen molar-refractivity contribution in [1.29, 1.82) is 0 Å². The molecule has 0 saturated heterocycles. The van der Waals surface area contributed by atoms with Crippen LogP contribution in [-0.4, -0.2) is 9.97 Å². The first kappa shape index (κ1) is 9.34. The fourth-order valence-corrected chi connectivity index (χ4v) is 1.14. The summed E-state index contributed by atoms with van der Waals surface area (Å²) in [5, 5.41) is 1.13. The van der Waals surface area contributed by atoms with E-state index in [0.29, 0.717) is 0 Å². The zero-order chi connectivity index (χ0) is 7.68. The fraction of sp³-hybridized carbons (Fsp3) is 0.111. The van der Waals surface area contributed by atoms with Crippen LogP contribution in [0.5, 0.6) is 0 Å². The van der Waals surface area contributed by atoms with E-state index >= 15 is 0 Å². The van der Waals surface area contributed by atoms with Crippen LogP contribution in [0.15, 0.2) is 30.6 Å². The quantitative estimate of drug-likeness (QED) is 0.733. The Morgan fingerprint density at radius 3 is 2.58 bits per heavy atom. The molecule has 2 nitrogen and oxygen atoms in total. The summed E-state index contributed by atoms with van der Waals surface area (Å²) in [5.41, 5.74) is 2.05. The van der Waals surface area contributed by atoms with E-state index in [1.54, 1.807) is 6.33 Å². The van der Waals surface area contributed by atoms with Crippen LogP contribution in [-0.2, 0) is 21.1 Å². The SMILES string of the molecule is Cc1ncnc2ccccc12.[Pt]. The Balaban J connectivity index is 0.000000720. The summed E-state index contributed by atoms with van der Waals surface area (Å²) in [7, 11) is 0. The average Bonchev–Trinajstić information content (AvgIpc) is 2.06. The van der Waals surface area contributed by atoms with Gasteiger partial charge in [0.15, 0.2) is 0 Å². The molecule has 12 heavy (non-hydrogen) atoms. The van der Waals surface area contributed by atoms with Gasteiger partial charge in [0.1, 0.15) is 6.33 Å². The molecule has 2 aromatic rings. The monoisotopic (exact) mass is 339 g/mol. The number of rotatable bonds is 0. The third-order valence-electron chi connectivity index (χ3n) is 1.74. The van der Waals surface area contributed by atoms with E-state index in [0.717, 1.165) is 16.6 Å². The average molecular weight is 339 g/mol. The molecule has 0 aliphatic heterocycles. The van der Waals surface area contributed by atoms with E-state index in [2.05, 4.69) is 9.97 Å². The number of hydrogen-bond donors (Lipinski definition) is 0. The molecule has 64 valence electrons. The molecule has 0 amide bonds. The molecule has 0 N–H and O–H groups in total. The standard InChI is InChI=1S/C9H8N2.Pt/c1-7-8-4-2-3-5-9(8)11-6-10-7;/h2-6H,1H3;. The van der Waals surface area contributed by atoms with Crippen molar-refractivity contribution in [3.05, 3.63) is 36.3 Å². The Bertz CT molecular complexity index is 382. The van der Waals surface area contributed by atoms with Gasteiger partial charge in [-0.05, 0) is 13.0 Å². The summed E-state index contributed by atoms with van der Waals surface area (Å²) in [6, 6.07) is 8.00. The first-order valence-electron chi connectivity index (χ1n) is 3.54. The molecule has 0 fully saturated rings. The Labute approximate surface area is 85.3 Å². The van der Waals surface area contributed by atoms with Crippen molar-refractivity contribution in [1.82, 2.24) is 9.97 Å². The van der Waals surface area contributed by atoms with Crippen molar-refractivity contribution in [2.45, 2.75) is 6.92 Å². The van der Waals surface area contributed by atoms with Crippen LogP contribution in [0.2, 0.25) is 0 Å². The van der Waals surface area contributed by atoms with Gasteiger partial charge in [-0.1, -0.05) is 18.2 Å². The van der Waals surface area contributed by atoms with Gasteiger partial charge in [0.25, 0.3) is 0 Å². The molecule has 3 heteroatoms. The van der Waals surface area contributed by atoms with Crippen molar-refractivity contribution in [3.63, 3.8) is 0 Å². The summed E-state index contributed by atoms with van der Waals surface area (Å²) >= 11 is 0. The van der Waals surface area contributed by atoms with E-state index < -0.39 is 0 Å². The van der Waals surface area contributed by atoms with Crippen molar-refractivity contribution in [2.24, 2.45) is 0 Å². The second-order valence-corrected chi connectivity index (χ2v) is 2.48. The Hall–Kier alpha value is -0.752. The van der Waals surface area contributed by atoms with Crippen molar-refractivity contribution < 1.29 is 21.1 Å². The van der Waals surface area contributed by atoms with Gasteiger partial charge in [0, 0.05) is 32.1 Å². The maximum absolute atomic E-state index is 4.13. The largest absolute Gasteiger partial charge is 0.241 e. The van der Waals surface area contributed by atoms with Crippen LogP contribution >= 0.6 is 0 Å². The number of fused-ring (bicyclic) bond motifs is 1. The summed E-state index contributed by atoms with van der Waals surface area (Å²) in [6.45, 7) is 1.99. The second-order valence-electron chi connectivity index (χ2n) is 2.48. The third-order valence-corrected chi connectivity index (χ3v) is 1.74. The normalized spacial score (nSPS) is 9.42. The molecular formula is C9H8N2Pt. The molecule has 0 bridgehead atoms. The van der Waals surface area contributed by atoms with E-state index in [9.17, 15) is 0 Å². The van der Waals surface area contributed by atoms with Gasteiger partial charge < -0.3 is 0 Å². The smallest absolute Gasteiger partial charge is 0.116 e. The van der Waals surface area contributed by atoms with Gasteiger partial charge >= 0.3 is 0 Å². The van der Waals surface area contributed by atoms with E-state index in [-0.39, 0.29) is 21.1 Å². The topological polar surface area (TPSA) is 25.8 Å². The molecular weight excluding hydrogens is 331 g/mol. The van der Waals surface area contributed by atoms with E-state index in [4.69, 9.17) is 0 Å². The zero-order valence-corrected chi connectivity index (χ0v) is 8.87. The second kappa shape index (κ2) is 3.77. The fourth-order valence-electron chi connectivity index (χ4n) is 1.14. The van der Waals surface area contributed by atoms with Crippen LogP contribution in [0.1, 0.15) is 5.69 Å². The van der Waals surface area contributed by atoms with Crippen molar-refractivity contribution in [2.75, 3.05) is 0 Å². The number of aromatic nitrogens is 2. The summed E-state index contributed by atoms with van der Waals surface area (Å²) < 4.78 is 0. The molecule has 2 rings (SSSR count). The predicted molar refractivity (Wildman–Crippen MR) is 44.3 cm³/mol. The van der Waals surface area contributed by atoms with Gasteiger partial charge in [0.05, 0.1) is 5.52 Å². The van der Waals surface area contributed by atoms with Crippen molar-refractivity contribution >= 4 is 10.9 Å². The first-order chi connectivity index (χ1) is 5.38. The van der Waals surface area contributed by atoms with Crippen LogP contribution in [0.25, 0.3) is 10.9 Å². The minimum Gasteiger partial charge on any atom is -0.241 e. The first-order valence-corrected chi connectivity index (χ1v) is 3.54. The van der Waals surface area contributed by atoms with E-state index in [1.165, 1.54) is 0 Å². The molecule has 1 aromatic heterocycles. The van der Waals surface area contributed by atoms with Gasteiger partial charge in [-0.2, -0.15) is 0 Å². The molecule has 0 radical (unpaired) electrons. The number of benzene rings is 1. The Kier molecular flexibility index (Phi) is 2.93. The van der Waals surface area contributed by atoms with Crippen LogP contribution < -0.4 is 0 Å². The van der Waals surface area contributed by atoms with Gasteiger partial charge in [-0.3, -0.25) is 0 Å². The minimum atomic E-state index is 0. The molecule has 0 unspecified atom stereocenters. The zero-order valence-electron chi connectivity index (χ0n) is 6.60. The molecule has 0 aliphatic carbocycles. The predicted octanol–water partition coefficient (Wildman–Crippen LogP) is 1.94. The van der Waals surface area contributed by atoms with Crippen molar-refractivity contribution in [3.8, 4) is 0 Å².